The van der Waals surface area contributed by atoms with Crippen LogP contribution < -0.4 is 10.2 Å². The van der Waals surface area contributed by atoms with Gasteiger partial charge in [0.05, 0.1) is 10.9 Å². The number of hydrogen-bond acceptors (Lipinski definition) is 5. The molecule has 0 bridgehead atoms. The van der Waals surface area contributed by atoms with Gasteiger partial charge in [0.15, 0.2) is 0 Å². The van der Waals surface area contributed by atoms with Crippen molar-refractivity contribution in [1.29, 1.82) is 0 Å². The lowest BCUT2D eigenvalue weighted by atomic mass is 10.2. The normalized spacial score (nSPS) is 17.3. The Labute approximate surface area is 134 Å². The average Bonchev–Trinajstić information content (AvgIpc) is 2.52. The van der Waals surface area contributed by atoms with Gasteiger partial charge in [0.2, 0.25) is 11.8 Å². The van der Waals surface area contributed by atoms with E-state index >= 15 is 0 Å². The fourth-order valence-electron chi connectivity index (χ4n) is 2.30. The predicted molar refractivity (Wildman–Crippen MR) is 86.0 cm³/mol. The minimum Gasteiger partial charge on any atom is -0.385 e. The molecule has 1 aliphatic rings. The third kappa shape index (κ3) is 3.98. The molecule has 0 saturated carbocycles. The number of pyridine rings is 1. The van der Waals surface area contributed by atoms with Gasteiger partial charge in [-0.1, -0.05) is 11.8 Å². The van der Waals surface area contributed by atoms with E-state index in [2.05, 4.69) is 10.3 Å². The molecule has 0 saturated heterocycles. The second-order valence-electron chi connectivity index (χ2n) is 4.92. The summed E-state index contributed by atoms with van der Waals surface area (Å²) in [4.78, 5) is 30.5. The molecule has 0 fully saturated rings. The highest BCUT2D eigenvalue weighted by Gasteiger charge is 2.34. The number of methoxy groups -OCH3 is 1. The van der Waals surface area contributed by atoms with Crippen LogP contribution in [-0.2, 0) is 14.3 Å². The molecule has 2 amide bonds. The van der Waals surface area contributed by atoms with Gasteiger partial charge in [0.25, 0.3) is 0 Å². The van der Waals surface area contributed by atoms with Crippen LogP contribution in [-0.4, -0.2) is 48.9 Å². The smallest absolute Gasteiger partial charge is 0.241 e. The van der Waals surface area contributed by atoms with Gasteiger partial charge in [-0.15, -0.1) is 0 Å². The van der Waals surface area contributed by atoms with Crippen molar-refractivity contribution < 1.29 is 14.3 Å². The van der Waals surface area contributed by atoms with Gasteiger partial charge in [-0.25, -0.2) is 4.98 Å². The summed E-state index contributed by atoms with van der Waals surface area (Å²) in [6.07, 6.45) is 2.64. The van der Waals surface area contributed by atoms with Crippen LogP contribution >= 0.6 is 11.8 Å². The zero-order chi connectivity index (χ0) is 15.9. The molecule has 0 aliphatic carbocycles. The molecule has 6 nitrogen and oxygen atoms in total. The predicted octanol–water partition coefficient (Wildman–Crippen LogP) is 1.45. The zero-order valence-electron chi connectivity index (χ0n) is 12.9. The van der Waals surface area contributed by atoms with E-state index in [1.165, 1.54) is 11.8 Å². The number of nitrogens with one attached hydrogen (secondary N) is 1. The van der Waals surface area contributed by atoms with Crippen LogP contribution in [0.4, 0.5) is 5.69 Å². The van der Waals surface area contributed by atoms with Crippen molar-refractivity contribution in [2.45, 2.75) is 30.0 Å². The van der Waals surface area contributed by atoms with E-state index < -0.39 is 5.25 Å². The molecule has 0 unspecified atom stereocenters. The lowest BCUT2D eigenvalue weighted by Crippen LogP contribution is -2.43. The van der Waals surface area contributed by atoms with E-state index in [0.717, 1.165) is 17.1 Å². The second kappa shape index (κ2) is 8.14. The zero-order valence-corrected chi connectivity index (χ0v) is 13.7. The molecule has 1 aromatic heterocycles. The lowest BCUT2D eigenvalue weighted by molar-refractivity contribution is -0.124. The summed E-state index contributed by atoms with van der Waals surface area (Å²) in [5.74, 6) is -0.141. The Balaban J connectivity index is 1.98. The number of ether oxygens (including phenoxy) is 1. The standard InChI is InChI=1S/C15H21N3O3S/c1-3-18-11-6-4-7-17-14(11)22-12(15(18)20)10-13(19)16-8-5-9-21-2/h4,6-7,12H,3,5,8-10H2,1-2H3,(H,16,19)/t12-/m1/s1. The number of anilines is 1. The molecule has 1 aromatic rings. The first-order valence-corrected chi connectivity index (χ1v) is 8.24. The van der Waals surface area contributed by atoms with E-state index in [4.69, 9.17) is 4.74 Å². The maximum absolute atomic E-state index is 12.5. The number of carbonyl (C=O) groups excluding carboxylic acids is 2. The molecule has 120 valence electrons. The van der Waals surface area contributed by atoms with E-state index in [9.17, 15) is 9.59 Å². The van der Waals surface area contributed by atoms with Crippen LogP contribution in [0.1, 0.15) is 19.8 Å². The van der Waals surface area contributed by atoms with Crippen molar-refractivity contribution in [2.24, 2.45) is 0 Å². The van der Waals surface area contributed by atoms with Gasteiger partial charge in [-0.2, -0.15) is 0 Å². The highest BCUT2D eigenvalue weighted by atomic mass is 32.2. The van der Waals surface area contributed by atoms with Gasteiger partial charge in [-0.3, -0.25) is 9.59 Å². The second-order valence-corrected chi connectivity index (χ2v) is 6.11. The largest absolute Gasteiger partial charge is 0.385 e. The number of aromatic nitrogens is 1. The maximum Gasteiger partial charge on any atom is 0.241 e. The monoisotopic (exact) mass is 323 g/mol. The number of rotatable bonds is 7. The maximum atomic E-state index is 12.5. The van der Waals surface area contributed by atoms with Gasteiger partial charge in [-0.05, 0) is 25.5 Å². The van der Waals surface area contributed by atoms with E-state index in [1.807, 2.05) is 19.1 Å². The fraction of sp³-hybridized carbons (Fsp3) is 0.533. The molecule has 1 N–H and O–H groups in total. The number of fused-ring (bicyclic) bond motifs is 1. The number of carbonyl (C=O) groups is 2. The van der Waals surface area contributed by atoms with Crippen LogP contribution in [0.5, 0.6) is 0 Å². The Morgan fingerprint density at radius 2 is 2.36 bits per heavy atom. The molecule has 1 atom stereocenters. The Morgan fingerprint density at radius 3 is 3.09 bits per heavy atom. The van der Waals surface area contributed by atoms with Crippen molar-refractivity contribution in [1.82, 2.24) is 10.3 Å². The summed E-state index contributed by atoms with van der Waals surface area (Å²) >= 11 is 1.37. The number of thioether (sulfide) groups is 1. The first-order chi connectivity index (χ1) is 10.7. The highest BCUT2D eigenvalue weighted by molar-refractivity contribution is 8.00. The van der Waals surface area contributed by atoms with Crippen LogP contribution in [0, 0.1) is 0 Å². The van der Waals surface area contributed by atoms with Crippen molar-refractivity contribution in [3.8, 4) is 0 Å². The molecule has 1 aliphatic heterocycles. The molecule has 0 spiro atoms. The quantitative estimate of drug-likeness (QED) is 0.769. The minimum absolute atomic E-state index is 0.0277. The van der Waals surface area contributed by atoms with E-state index in [1.54, 1.807) is 18.2 Å². The molecular formula is C15H21N3O3S. The van der Waals surface area contributed by atoms with Crippen molar-refractivity contribution >= 4 is 29.3 Å². The van der Waals surface area contributed by atoms with Gasteiger partial charge in [0, 0.05) is 39.4 Å². The highest BCUT2D eigenvalue weighted by Crippen LogP contribution is 2.38. The molecule has 2 heterocycles. The SMILES string of the molecule is CCN1C(=O)[C@@H](CC(=O)NCCCOC)Sc2ncccc21. The minimum atomic E-state index is -0.412. The number of hydrogen-bond donors (Lipinski definition) is 1. The average molecular weight is 323 g/mol. The topological polar surface area (TPSA) is 71.5 Å². The van der Waals surface area contributed by atoms with E-state index in [0.29, 0.717) is 19.7 Å². The molecule has 7 heteroatoms. The first kappa shape index (κ1) is 16.8. The van der Waals surface area contributed by atoms with Crippen LogP contribution in [0.3, 0.4) is 0 Å². The summed E-state index contributed by atoms with van der Waals surface area (Å²) in [5.41, 5.74) is 0.830. The Kier molecular flexibility index (Phi) is 6.21. The third-order valence-electron chi connectivity index (χ3n) is 3.37. The summed E-state index contributed by atoms with van der Waals surface area (Å²) in [6.45, 7) is 3.67. The Hall–Kier alpha value is -1.60. The van der Waals surface area contributed by atoms with Gasteiger partial charge < -0.3 is 15.0 Å². The number of amides is 2. The van der Waals surface area contributed by atoms with Crippen molar-refractivity contribution in [2.75, 3.05) is 31.7 Å². The Bertz CT molecular complexity index is 539. The Morgan fingerprint density at radius 1 is 1.55 bits per heavy atom. The first-order valence-electron chi connectivity index (χ1n) is 7.36. The summed E-state index contributed by atoms with van der Waals surface area (Å²) in [6, 6.07) is 3.70. The molecule has 2 rings (SSSR count). The lowest BCUT2D eigenvalue weighted by Gasteiger charge is -2.31. The van der Waals surface area contributed by atoms with E-state index in [-0.39, 0.29) is 18.2 Å². The fourth-order valence-corrected chi connectivity index (χ4v) is 3.45. The third-order valence-corrected chi connectivity index (χ3v) is 4.56. The summed E-state index contributed by atoms with van der Waals surface area (Å²) in [5, 5.41) is 3.21. The number of nitrogens with zero attached hydrogens (tertiary/aromatic N) is 2. The molecule has 0 aromatic carbocycles. The van der Waals surface area contributed by atoms with Gasteiger partial charge in [0.1, 0.15) is 5.03 Å². The van der Waals surface area contributed by atoms with Gasteiger partial charge >= 0.3 is 0 Å². The van der Waals surface area contributed by atoms with Crippen LogP contribution in [0.15, 0.2) is 23.4 Å². The molecule has 0 radical (unpaired) electrons. The summed E-state index contributed by atoms with van der Waals surface area (Å²) < 4.78 is 4.93. The van der Waals surface area contributed by atoms with Crippen molar-refractivity contribution in [3.05, 3.63) is 18.3 Å². The molecule has 22 heavy (non-hydrogen) atoms. The van der Waals surface area contributed by atoms with Crippen LogP contribution in [0.2, 0.25) is 0 Å². The van der Waals surface area contributed by atoms with Crippen molar-refractivity contribution in [3.63, 3.8) is 0 Å². The molecular weight excluding hydrogens is 302 g/mol. The summed E-state index contributed by atoms with van der Waals surface area (Å²) in [7, 11) is 1.63. The van der Waals surface area contributed by atoms with Crippen LogP contribution in [0.25, 0.3) is 0 Å².